The van der Waals surface area contributed by atoms with Gasteiger partial charge < -0.3 is 9.47 Å². The Hall–Kier alpha value is -0.670. The SMILES string of the molecule is C=CC(=O)C(C)OC1COC1CC. The second-order valence-corrected chi connectivity index (χ2v) is 3.20. The highest BCUT2D eigenvalue weighted by atomic mass is 16.6. The van der Waals surface area contributed by atoms with Crippen molar-refractivity contribution in [2.75, 3.05) is 6.61 Å². The smallest absolute Gasteiger partial charge is 0.183 e. The van der Waals surface area contributed by atoms with Crippen LogP contribution in [0.3, 0.4) is 0 Å². The van der Waals surface area contributed by atoms with Crippen molar-refractivity contribution in [1.29, 1.82) is 0 Å². The summed E-state index contributed by atoms with van der Waals surface area (Å²) in [4.78, 5) is 11.1. The van der Waals surface area contributed by atoms with Crippen LogP contribution in [0.25, 0.3) is 0 Å². The molecule has 3 heteroatoms. The van der Waals surface area contributed by atoms with Crippen LogP contribution in [0.4, 0.5) is 0 Å². The van der Waals surface area contributed by atoms with Gasteiger partial charge in [-0.3, -0.25) is 4.79 Å². The molecular formula is C10H16O3. The van der Waals surface area contributed by atoms with E-state index in [0.29, 0.717) is 6.61 Å². The zero-order valence-corrected chi connectivity index (χ0v) is 8.16. The van der Waals surface area contributed by atoms with E-state index in [2.05, 4.69) is 6.58 Å². The summed E-state index contributed by atoms with van der Waals surface area (Å²) in [5, 5.41) is 0. The van der Waals surface area contributed by atoms with Crippen molar-refractivity contribution in [3.63, 3.8) is 0 Å². The normalized spacial score (nSPS) is 29.1. The third kappa shape index (κ3) is 2.39. The highest BCUT2D eigenvalue weighted by Crippen LogP contribution is 2.20. The molecule has 3 atom stereocenters. The minimum absolute atomic E-state index is 0.0678. The first-order chi connectivity index (χ1) is 6.19. The fourth-order valence-corrected chi connectivity index (χ4v) is 1.31. The Kier molecular flexibility index (Phi) is 3.63. The number of carbonyl (C=O) groups is 1. The number of ketones is 1. The molecule has 3 unspecified atom stereocenters. The fraction of sp³-hybridized carbons (Fsp3) is 0.700. The molecule has 0 saturated carbocycles. The Morgan fingerprint density at radius 2 is 2.54 bits per heavy atom. The highest BCUT2D eigenvalue weighted by molar-refractivity contribution is 5.92. The molecule has 3 nitrogen and oxygen atoms in total. The molecule has 0 bridgehead atoms. The van der Waals surface area contributed by atoms with Gasteiger partial charge in [-0.05, 0) is 19.4 Å². The molecule has 0 amide bonds. The van der Waals surface area contributed by atoms with Gasteiger partial charge in [0.15, 0.2) is 5.78 Å². The van der Waals surface area contributed by atoms with Crippen LogP contribution >= 0.6 is 0 Å². The van der Waals surface area contributed by atoms with Crippen molar-refractivity contribution in [3.8, 4) is 0 Å². The molecule has 1 fully saturated rings. The Labute approximate surface area is 78.7 Å². The van der Waals surface area contributed by atoms with Crippen LogP contribution in [0.5, 0.6) is 0 Å². The first kappa shape index (κ1) is 10.4. The molecule has 1 aliphatic heterocycles. The van der Waals surface area contributed by atoms with Gasteiger partial charge in [0.1, 0.15) is 12.2 Å². The largest absolute Gasteiger partial charge is 0.373 e. The van der Waals surface area contributed by atoms with E-state index in [4.69, 9.17) is 9.47 Å². The van der Waals surface area contributed by atoms with Gasteiger partial charge in [-0.2, -0.15) is 0 Å². The van der Waals surface area contributed by atoms with Gasteiger partial charge in [-0.15, -0.1) is 0 Å². The molecular weight excluding hydrogens is 168 g/mol. The molecule has 0 aromatic rings. The van der Waals surface area contributed by atoms with E-state index in [0.717, 1.165) is 6.42 Å². The second-order valence-electron chi connectivity index (χ2n) is 3.20. The molecule has 1 rings (SSSR count). The van der Waals surface area contributed by atoms with Crippen molar-refractivity contribution in [3.05, 3.63) is 12.7 Å². The van der Waals surface area contributed by atoms with E-state index >= 15 is 0 Å². The minimum atomic E-state index is -0.388. The van der Waals surface area contributed by atoms with Gasteiger partial charge in [0.2, 0.25) is 0 Å². The van der Waals surface area contributed by atoms with Crippen LogP contribution in [-0.4, -0.2) is 30.7 Å². The number of hydrogen-bond donors (Lipinski definition) is 0. The Morgan fingerprint density at radius 3 is 2.92 bits per heavy atom. The molecule has 1 saturated heterocycles. The van der Waals surface area contributed by atoms with Gasteiger partial charge in [0, 0.05) is 0 Å². The standard InChI is InChI=1S/C10H16O3/c1-4-8(11)7(3)13-10-6-12-9(10)5-2/h4,7,9-10H,1,5-6H2,2-3H3. The quantitative estimate of drug-likeness (QED) is 0.604. The summed E-state index contributed by atoms with van der Waals surface area (Å²) in [5.41, 5.74) is 0. The Morgan fingerprint density at radius 1 is 1.85 bits per heavy atom. The van der Waals surface area contributed by atoms with Crippen molar-refractivity contribution in [2.45, 2.75) is 38.6 Å². The predicted molar refractivity (Wildman–Crippen MR) is 49.6 cm³/mol. The monoisotopic (exact) mass is 184 g/mol. The van der Waals surface area contributed by atoms with E-state index in [1.807, 2.05) is 6.92 Å². The third-order valence-electron chi connectivity index (χ3n) is 2.27. The maximum absolute atomic E-state index is 11.1. The fourth-order valence-electron chi connectivity index (χ4n) is 1.31. The zero-order chi connectivity index (χ0) is 9.84. The molecule has 0 N–H and O–H groups in total. The summed E-state index contributed by atoms with van der Waals surface area (Å²) < 4.78 is 10.7. The first-order valence-electron chi connectivity index (χ1n) is 4.62. The summed E-state index contributed by atoms with van der Waals surface area (Å²) >= 11 is 0. The van der Waals surface area contributed by atoms with Gasteiger partial charge >= 0.3 is 0 Å². The number of rotatable bonds is 5. The average Bonchev–Trinajstić information content (AvgIpc) is 2.11. The second kappa shape index (κ2) is 4.53. The van der Waals surface area contributed by atoms with E-state index in [-0.39, 0.29) is 24.1 Å². The maximum atomic E-state index is 11.1. The summed E-state index contributed by atoms with van der Waals surface area (Å²) in [6.07, 6.45) is 2.09. The lowest BCUT2D eigenvalue weighted by molar-refractivity contribution is -0.202. The first-order valence-corrected chi connectivity index (χ1v) is 4.62. The highest BCUT2D eigenvalue weighted by Gasteiger charge is 2.33. The average molecular weight is 184 g/mol. The minimum Gasteiger partial charge on any atom is -0.373 e. The summed E-state index contributed by atoms with van der Waals surface area (Å²) in [6, 6.07) is 0. The van der Waals surface area contributed by atoms with E-state index in [1.165, 1.54) is 6.08 Å². The van der Waals surface area contributed by atoms with Crippen molar-refractivity contribution in [1.82, 2.24) is 0 Å². The van der Waals surface area contributed by atoms with Crippen molar-refractivity contribution in [2.24, 2.45) is 0 Å². The molecule has 13 heavy (non-hydrogen) atoms. The molecule has 0 radical (unpaired) electrons. The molecule has 74 valence electrons. The topological polar surface area (TPSA) is 35.5 Å². The third-order valence-corrected chi connectivity index (χ3v) is 2.27. The number of ether oxygens (including phenoxy) is 2. The molecule has 0 aromatic heterocycles. The van der Waals surface area contributed by atoms with E-state index in [9.17, 15) is 4.79 Å². The van der Waals surface area contributed by atoms with Crippen LogP contribution in [-0.2, 0) is 14.3 Å². The zero-order valence-electron chi connectivity index (χ0n) is 8.16. The Bertz CT molecular complexity index is 198. The lowest BCUT2D eigenvalue weighted by atomic mass is 10.1. The van der Waals surface area contributed by atoms with Crippen molar-refractivity contribution < 1.29 is 14.3 Å². The lowest BCUT2D eigenvalue weighted by Crippen LogP contribution is -2.48. The van der Waals surface area contributed by atoms with E-state index < -0.39 is 0 Å². The van der Waals surface area contributed by atoms with Gasteiger partial charge in [0.25, 0.3) is 0 Å². The van der Waals surface area contributed by atoms with Crippen LogP contribution in [0.2, 0.25) is 0 Å². The summed E-state index contributed by atoms with van der Waals surface area (Å²) in [7, 11) is 0. The van der Waals surface area contributed by atoms with Crippen molar-refractivity contribution >= 4 is 5.78 Å². The number of hydrogen-bond acceptors (Lipinski definition) is 3. The van der Waals surface area contributed by atoms with Crippen LogP contribution in [0.15, 0.2) is 12.7 Å². The van der Waals surface area contributed by atoms with Gasteiger partial charge in [-0.25, -0.2) is 0 Å². The summed E-state index contributed by atoms with van der Waals surface area (Å²) in [5.74, 6) is -0.0678. The lowest BCUT2D eigenvalue weighted by Gasteiger charge is -2.37. The molecule has 0 spiro atoms. The number of carbonyl (C=O) groups excluding carboxylic acids is 1. The molecule has 1 heterocycles. The maximum Gasteiger partial charge on any atom is 0.183 e. The van der Waals surface area contributed by atoms with E-state index in [1.54, 1.807) is 6.92 Å². The van der Waals surface area contributed by atoms with Crippen LogP contribution < -0.4 is 0 Å². The molecule has 1 aliphatic rings. The molecule has 0 aliphatic carbocycles. The predicted octanol–water partition coefficient (Wildman–Crippen LogP) is 1.32. The summed E-state index contributed by atoms with van der Waals surface area (Å²) in [6.45, 7) is 7.80. The Balaban J connectivity index is 2.32. The van der Waals surface area contributed by atoms with Gasteiger partial charge in [0.05, 0.1) is 12.7 Å². The van der Waals surface area contributed by atoms with Crippen LogP contribution in [0, 0.1) is 0 Å². The van der Waals surface area contributed by atoms with Gasteiger partial charge in [-0.1, -0.05) is 13.5 Å². The molecule has 0 aromatic carbocycles. The van der Waals surface area contributed by atoms with Crippen LogP contribution in [0.1, 0.15) is 20.3 Å².